The van der Waals surface area contributed by atoms with Crippen molar-refractivity contribution in [1.82, 2.24) is 14.1 Å². The fourth-order valence-corrected chi connectivity index (χ4v) is 6.17. The van der Waals surface area contributed by atoms with Crippen LogP contribution < -0.4 is 0 Å². The highest BCUT2D eigenvalue weighted by Gasteiger charge is 2.37. The highest BCUT2D eigenvalue weighted by Crippen LogP contribution is 2.33. The lowest BCUT2D eigenvalue weighted by atomic mass is 9.96. The van der Waals surface area contributed by atoms with E-state index >= 15 is 0 Å². The molecular weight excluding hydrogens is 426 g/mol. The van der Waals surface area contributed by atoms with Crippen LogP contribution in [0.15, 0.2) is 41.3 Å². The molecule has 1 atom stereocenters. The second kappa shape index (κ2) is 10.1. The van der Waals surface area contributed by atoms with Crippen LogP contribution in [0.5, 0.6) is 0 Å². The van der Waals surface area contributed by atoms with Crippen LogP contribution in [0.4, 0.5) is 0 Å². The summed E-state index contributed by atoms with van der Waals surface area (Å²) >= 11 is 7.84. The molecule has 0 bridgehead atoms. The van der Waals surface area contributed by atoms with Gasteiger partial charge in [-0.2, -0.15) is 0 Å². The van der Waals surface area contributed by atoms with Gasteiger partial charge in [-0.1, -0.05) is 30.7 Å². The summed E-state index contributed by atoms with van der Waals surface area (Å²) in [6.45, 7) is 10.6. The Balaban J connectivity index is 1.44. The molecule has 2 aromatic carbocycles. The third-order valence-corrected chi connectivity index (χ3v) is 8.22. The van der Waals surface area contributed by atoms with Gasteiger partial charge in [0, 0.05) is 48.2 Å². The van der Waals surface area contributed by atoms with Crippen molar-refractivity contribution in [3.05, 3.63) is 41.4 Å². The SMILES string of the molecule is CCN(Sc1ccc2cc(Cl)ccc2c1)[C@H]1CCCN(C2CCN(C(C)C)CC2)C1=O. The molecule has 6 heteroatoms. The highest BCUT2D eigenvalue weighted by molar-refractivity contribution is 7.97. The van der Waals surface area contributed by atoms with E-state index < -0.39 is 0 Å². The number of likely N-dealkylation sites (tertiary alicyclic amines) is 2. The van der Waals surface area contributed by atoms with E-state index in [1.165, 1.54) is 10.3 Å². The molecule has 0 aliphatic carbocycles. The Hall–Kier alpha value is -1.27. The molecule has 2 fully saturated rings. The van der Waals surface area contributed by atoms with Crippen LogP contribution in [-0.4, -0.2) is 64.3 Å². The minimum atomic E-state index is -0.0345. The number of hydrogen-bond donors (Lipinski definition) is 0. The van der Waals surface area contributed by atoms with Crippen LogP contribution in [0.1, 0.15) is 46.5 Å². The minimum absolute atomic E-state index is 0.0345. The molecule has 0 radical (unpaired) electrons. The third kappa shape index (κ3) is 5.22. The van der Waals surface area contributed by atoms with Crippen molar-refractivity contribution in [3.63, 3.8) is 0 Å². The topological polar surface area (TPSA) is 26.8 Å². The largest absolute Gasteiger partial charge is 0.338 e. The van der Waals surface area contributed by atoms with E-state index in [1.54, 1.807) is 11.9 Å². The number of nitrogens with zero attached hydrogens (tertiary/aromatic N) is 3. The van der Waals surface area contributed by atoms with Crippen LogP contribution in [-0.2, 0) is 4.79 Å². The van der Waals surface area contributed by atoms with E-state index in [1.807, 2.05) is 12.1 Å². The molecule has 168 valence electrons. The highest BCUT2D eigenvalue weighted by atomic mass is 35.5. The van der Waals surface area contributed by atoms with Crippen molar-refractivity contribution >= 4 is 40.2 Å². The standard InChI is InChI=1S/C25H34ClN3OS/c1-4-29(31-23-10-8-19-16-21(26)9-7-20(19)17-23)24-6-5-13-28(25(24)30)22-11-14-27(15-12-22)18(2)3/h7-10,16-18,22,24H,4-6,11-15H2,1-3H3/t24-/m0/s1. The van der Waals surface area contributed by atoms with Crippen LogP contribution >= 0.6 is 23.5 Å². The summed E-state index contributed by atoms with van der Waals surface area (Å²) in [7, 11) is 0. The Morgan fingerprint density at radius 3 is 2.48 bits per heavy atom. The van der Waals surface area contributed by atoms with Crippen molar-refractivity contribution < 1.29 is 4.79 Å². The molecule has 4 nitrogen and oxygen atoms in total. The number of likely N-dealkylation sites (N-methyl/N-ethyl adjacent to an activating group) is 1. The summed E-state index contributed by atoms with van der Waals surface area (Å²) in [5, 5.41) is 3.08. The summed E-state index contributed by atoms with van der Waals surface area (Å²) in [6, 6.07) is 13.4. The quantitative estimate of drug-likeness (QED) is 0.519. The van der Waals surface area contributed by atoms with Gasteiger partial charge in [0.25, 0.3) is 0 Å². The van der Waals surface area contributed by atoms with Gasteiger partial charge >= 0.3 is 0 Å². The van der Waals surface area contributed by atoms with Crippen molar-refractivity contribution in [2.75, 3.05) is 26.2 Å². The van der Waals surface area contributed by atoms with Crippen molar-refractivity contribution in [2.24, 2.45) is 0 Å². The molecule has 1 amide bonds. The van der Waals surface area contributed by atoms with E-state index in [2.05, 4.69) is 59.1 Å². The van der Waals surface area contributed by atoms with E-state index in [0.29, 0.717) is 18.0 Å². The Kier molecular flexibility index (Phi) is 7.48. The zero-order chi connectivity index (χ0) is 22.0. The van der Waals surface area contributed by atoms with Gasteiger partial charge < -0.3 is 9.80 Å². The van der Waals surface area contributed by atoms with Gasteiger partial charge in [-0.15, -0.1) is 0 Å². The maximum atomic E-state index is 13.5. The first-order valence-corrected chi connectivity index (χ1v) is 12.8. The lowest BCUT2D eigenvalue weighted by molar-refractivity contribution is -0.141. The van der Waals surface area contributed by atoms with Crippen LogP contribution in [0.25, 0.3) is 10.8 Å². The molecule has 2 aliphatic rings. The van der Waals surface area contributed by atoms with Crippen molar-refractivity contribution in [3.8, 4) is 0 Å². The molecule has 31 heavy (non-hydrogen) atoms. The Morgan fingerprint density at radius 1 is 1.06 bits per heavy atom. The number of carbonyl (C=O) groups excluding carboxylic acids is 1. The molecular formula is C25H34ClN3OS. The summed E-state index contributed by atoms with van der Waals surface area (Å²) in [5.74, 6) is 0.330. The van der Waals surface area contributed by atoms with Gasteiger partial charge in [-0.3, -0.25) is 4.79 Å². The van der Waals surface area contributed by atoms with Gasteiger partial charge in [0.1, 0.15) is 0 Å². The molecule has 0 spiro atoms. The van der Waals surface area contributed by atoms with E-state index in [4.69, 9.17) is 11.6 Å². The van der Waals surface area contributed by atoms with E-state index in [-0.39, 0.29) is 6.04 Å². The van der Waals surface area contributed by atoms with Gasteiger partial charge in [0.05, 0.1) is 6.04 Å². The molecule has 2 aromatic rings. The van der Waals surface area contributed by atoms with Crippen molar-refractivity contribution in [1.29, 1.82) is 0 Å². The molecule has 2 aliphatic heterocycles. The number of piperidine rings is 2. The monoisotopic (exact) mass is 459 g/mol. The summed E-state index contributed by atoms with van der Waals surface area (Å²) in [4.78, 5) is 19.4. The van der Waals surface area contributed by atoms with Crippen LogP contribution in [0.3, 0.4) is 0 Å². The predicted molar refractivity (Wildman–Crippen MR) is 132 cm³/mol. The molecule has 0 saturated carbocycles. The zero-order valence-corrected chi connectivity index (χ0v) is 20.5. The maximum absolute atomic E-state index is 13.5. The second-order valence-corrected chi connectivity index (χ2v) is 10.6. The fourth-order valence-electron chi connectivity index (χ4n) is 4.96. The van der Waals surface area contributed by atoms with Gasteiger partial charge in [0.15, 0.2) is 0 Å². The first kappa shape index (κ1) is 22.9. The minimum Gasteiger partial charge on any atom is -0.338 e. The zero-order valence-electron chi connectivity index (χ0n) is 18.9. The summed E-state index contributed by atoms with van der Waals surface area (Å²) in [5.41, 5.74) is 0. The lowest BCUT2D eigenvalue weighted by Gasteiger charge is -2.44. The van der Waals surface area contributed by atoms with Gasteiger partial charge in [-0.25, -0.2) is 4.31 Å². The molecule has 2 heterocycles. The fraction of sp³-hybridized carbons (Fsp3) is 0.560. The average Bonchev–Trinajstić information content (AvgIpc) is 2.78. The molecule has 4 rings (SSSR count). The molecule has 0 aromatic heterocycles. The Labute approximate surface area is 196 Å². The third-order valence-electron chi connectivity index (χ3n) is 6.77. The van der Waals surface area contributed by atoms with E-state index in [9.17, 15) is 4.79 Å². The second-order valence-electron chi connectivity index (χ2n) is 9.03. The number of rotatable bonds is 6. The number of carbonyl (C=O) groups is 1. The maximum Gasteiger partial charge on any atom is 0.241 e. The Bertz CT molecular complexity index is 913. The predicted octanol–water partition coefficient (Wildman–Crippen LogP) is 5.69. The number of hydrogen-bond acceptors (Lipinski definition) is 4. The first-order chi connectivity index (χ1) is 15.0. The van der Waals surface area contributed by atoms with Gasteiger partial charge in [-0.05, 0) is 86.5 Å². The smallest absolute Gasteiger partial charge is 0.241 e. The number of halogens is 1. The van der Waals surface area contributed by atoms with Gasteiger partial charge in [0.2, 0.25) is 5.91 Å². The molecule has 2 saturated heterocycles. The molecule has 0 N–H and O–H groups in total. The van der Waals surface area contributed by atoms with Crippen LogP contribution in [0.2, 0.25) is 5.02 Å². The summed E-state index contributed by atoms with van der Waals surface area (Å²) < 4.78 is 2.29. The normalized spacial score (nSPS) is 21.5. The summed E-state index contributed by atoms with van der Waals surface area (Å²) in [6.07, 6.45) is 4.24. The number of fused-ring (bicyclic) bond motifs is 1. The van der Waals surface area contributed by atoms with E-state index in [0.717, 1.165) is 62.3 Å². The number of benzene rings is 2. The van der Waals surface area contributed by atoms with Crippen LogP contribution in [0, 0.1) is 0 Å². The first-order valence-electron chi connectivity index (χ1n) is 11.6. The lowest BCUT2D eigenvalue weighted by Crippen LogP contribution is -2.56. The van der Waals surface area contributed by atoms with Crippen molar-refractivity contribution in [2.45, 2.75) is 69.5 Å². The number of amides is 1. The average molecular weight is 460 g/mol. The molecule has 0 unspecified atom stereocenters. The Morgan fingerprint density at radius 2 is 1.77 bits per heavy atom.